The number of nitrogens with zero attached hydrogens (tertiary/aromatic N) is 1. The number of rotatable bonds is 9. The molecule has 0 aliphatic heterocycles. The molecule has 1 amide bonds. The summed E-state index contributed by atoms with van der Waals surface area (Å²) in [6.45, 7) is 6.50. The van der Waals surface area contributed by atoms with Crippen molar-refractivity contribution in [3.8, 4) is 0 Å². The lowest BCUT2D eigenvalue weighted by Crippen LogP contribution is -2.35. The van der Waals surface area contributed by atoms with Gasteiger partial charge in [-0.25, -0.2) is 0 Å². The van der Waals surface area contributed by atoms with Crippen molar-refractivity contribution in [2.75, 3.05) is 40.5 Å². The van der Waals surface area contributed by atoms with Crippen LogP contribution >= 0.6 is 0 Å². The number of carbonyl (C=O) groups excluding carboxylic acids is 1. The zero-order chi connectivity index (χ0) is 16.4. The van der Waals surface area contributed by atoms with Crippen molar-refractivity contribution in [3.05, 3.63) is 41.5 Å². The average Bonchev–Trinajstić information content (AvgIpc) is 2.53. The number of ether oxygens (including phenoxy) is 2. The van der Waals surface area contributed by atoms with Gasteiger partial charge in [0.15, 0.2) is 0 Å². The largest absolute Gasteiger partial charge is 0.383 e. The third-order valence-corrected chi connectivity index (χ3v) is 3.46. The Bertz CT molecular complexity index is 458. The topological polar surface area (TPSA) is 38.8 Å². The quantitative estimate of drug-likeness (QED) is 0.658. The van der Waals surface area contributed by atoms with Crippen LogP contribution in [0.3, 0.4) is 0 Å². The summed E-state index contributed by atoms with van der Waals surface area (Å²) < 4.78 is 10.1. The van der Waals surface area contributed by atoms with Crippen LogP contribution in [0.15, 0.2) is 30.3 Å². The van der Waals surface area contributed by atoms with E-state index in [1.165, 1.54) is 5.56 Å². The molecule has 0 heterocycles. The van der Waals surface area contributed by atoms with Gasteiger partial charge < -0.3 is 14.4 Å². The molecule has 4 nitrogen and oxygen atoms in total. The number of benzene rings is 1. The molecule has 0 saturated carbocycles. The summed E-state index contributed by atoms with van der Waals surface area (Å²) >= 11 is 0. The Kier molecular flexibility index (Phi) is 8.48. The highest BCUT2D eigenvalue weighted by atomic mass is 16.5. The molecule has 1 aromatic carbocycles. The second-order valence-electron chi connectivity index (χ2n) is 5.47. The van der Waals surface area contributed by atoms with Gasteiger partial charge in [-0.1, -0.05) is 38.1 Å². The number of carbonyl (C=O) groups is 1. The standard InChI is InChI=1S/C18H27NO3/c1-15(2)17-8-5-16(6-9-17)7-10-18(20)19(11-13-21-3)12-14-22-4/h5-10,15H,11-14H2,1-4H3/b10-7+. The maximum atomic E-state index is 12.2. The molecule has 0 unspecified atom stereocenters. The molecule has 1 rings (SSSR count). The van der Waals surface area contributed by atoms with Crippen molar-refractivity contribution >= 4 is 12.0 Å². The lowest BCUT2D eigenvalue weighted by atomic mass is 10.0. The highest BCUT2D eigenvalue weighted by molar-refractivity contribution is 5.91. The fourth-order valence-electron chi connectivity index (χ4n) is 2.00. The van der Waals surface area contributed by atoms with Gasteiger partial charge in [0.05, 0.1) is 13.2 Å². The van der Waals surface area contributed by atoms with E-state index in [-0.39, 0.29) is 5.91 Å². The van der Waals surface area contributed by atoms with E-state index in [0.717, 1.165) is 5.56 Å². The Hall–Kier alpha value is -1.65. The van der Waals surface area contributed by atoms with Gasteiger partial charge in [0.1, 0.15) is 0 Å². The van der Waals surface area contributed by atoms with Gasteiger partial charge in [-0.15, -0.1) is 0 Å². The molecule has 0 N–H and O–H groups in total. The fraction of sp³-hybridized carbons (Fsp3) is 0.500. The molecule has 0 atom stereocenters. The van der Waals surface area contributed by atoms with Crippen molar-refractivity contribution in [1.29, 1.82) is 0 Å². The summed E-state index contributed by atoms with van der Waals surface area (Å²) in [6.07, 6.45) is 3.45. The summed E-state index contributed by atoms with van der Waals surface area (Å²) in [7, 11) is 3.26. The van der Waals surface area contributed by atoms with Crippen LogP contribution in [-0.4, -0.2) is 51.3 Å². The Balaban J connectivity index is 2.65. The molecule has 122 valence electrons. The molecule has 0 aliphatic rings. The van der Waals surface area contributed by atoms with Crippen LogP contribution < -0.4 is 0 Å². The van der Waals surface area contributed by atoms with E-state index in [1.807, 2.05) is 18.2 Å². The maximum absolute atomic E-state index is 12.2. The summed E-state index contributed by atoms with van der Waals surface area (Å²) in [5, 5.41) is 0. The highest BCUT2D eigenvalue weighted by Crippen LogP contribution is 2.15. The number of methoxy groups -OCH3 is 2. The van der Waals surface area contributed by atoms with E-state index in [1.54, 1.807) is 25.2 Å². The lowest BCUT2D eigenvalue weighted by molar-refractivity contribution is -0.127. The third kappa shape index (κ3) is 6.41. The Morgan fingerprint density at radius 2 is 1.64 bits per heavy atom. The van der Waals surface area contributed by atoms with Crippen LogP contribution in [0.5, 0.6) is 0 Å². The number of hydrogen-bond acceptors (Lipinski definition) is 3. The molecule has 0 spiro atoms. The summed E-state index contributed by atoms with van der Waals surface area (Å²) in [6, 6.07) is 8.27. The SMILES string of the molecule is COCCN(CCOC)C(=O)/C=C/c1ccc(C(C)C)cc1. The Morgan fingerprint density at radius 1 is 1.09 bits per heavy atom. The minimum atomic E-state index is -0.0259. The van der Waals surface area contributed by atoms with Crippen molar-refractivity contribution in [2.45, 2.75) is 19.8 Å². The smallest absolute Gasteiger partial charge is 0.246 e. The van der Waals surface area contributed by atoms with E-state index < -0.39 is 0 Å². The lowest BCUT2D eigenvalue weighted by Gasteiger charge is -2.20. The first-order valence-electron chi connectivity index (χ1n) is 7.63. The average molecular weight is 305 g/mol. The molecule has 0 saturated heterocycles. The summed E-state index contributed by atoms with van der Waals surface area (Å²) in [5.74, 6) is 0.486. The molecule has 4 heteroatoms. The van der Waals surface area contributed by atoms with Crippen LogP contribution in [0.4, 0.5) is 0 Å². The maximum Gasteiger partial charge on any atom is 0.246 e. The monoisotopic (exact) mass is 305 g/mol. The normalized spacial score (nSPS) is 11.3. The van der Waals surface area contributed by atoms with Crippen molar-refractivity contribution in [1.82, 2.24) is 4.90 Å². The first kappa shape index (κ1) is 18.4. The second kappa shape index (κ2) is 10.1. The molecule has 0 bridgehead atoms. The van der Waals surface area contributed by atoms with Gasteiger partial charge in [0.25, 0.3) is 0 Å². The van der Waals surface area contributed by atoms with Crippen LogP contribution in [0.2, 0.25) is 0 Å². The zero-order valence-corrected chi connectivity index (χ0v) is 14.0. The zero-order valence-electron chi connectivity index (χ0n) is 14.0. The highest BCUT2D eigenvalue weighted by Gasteiger charge is 2.09. The number of amides is 1. The van der Waals surface area contributed by atoms with Crippen molar-refractivity contribution in [3.63, 3.8) is 0 Å². The summed E-state index contributed by atoms with van der Waals surface area (Å²) in [5.41, 5.74) is 2.32. The summed E-state index contributed by atoms with van der Waals surface area (Å²) in [4.78, 5) is 14.0. The van der Waals surface area contributed by atoms with E-state index in [0.29, 0.717) is 32.2 Å². The minimum Gasteiger partial charge on any atom is -0.383 e. The molecule has 0 fully saturated rings. The van der Waals surface area contributed by atoms with E-state index in [4.69, 9.17) is 9.47 Å². The fourth-order valence-corrected chi connectivity index (χ4v) is 2.00. The predicted octanol–water partition coefficient (Wildman–Crippen LogP) is 2.94. The van der Waals surface area contributed by atoms with Gasteiger partial charge >= 0.3 is 0 Å². The first-order chi connectivity index (χ1) is 10.6. The first-order valence-corrected chi connectivity index (χ1v) is 7.63. The predicted molar refractivity (Wildman–Crippen MR) is 89.9 cm³/mol. The van der Waals surface area contributed by atoms with Crippen LogP contribution in [0.25, 0.3) is 6.08 Å². The number of hydrogen-bond donors (Lipinski definition) is 0. The van der Waals surface area contributed by atoms with Gasteiger partial charge in [-0.3, -0.25) is 4.79 Å². The van der Waals surface area contributed by atoms with Gasteiger partial charge in [0, 0.05) is 33.4 Å². The second-order valence-corrected chi connectivity index (χ2v) is 5.47. The minimum absolute atomic E-state index is 0.0259. The van der Waals surface area contributed by atoms with Crippen LogP contribution in [-0.2, 0) is 14.3 Å². The van der Waals surface area contributed by atoms with E-state index >= 15 is 0 Å². The van der Waals surface area contributed by atoms with Crippen LogP contribution in [0.1, 0.15) is 30.9 Å². The van der Waals surface area contributed by atoms with E-state index in [2.05, 4.69) is 26.0 Å². The third-order valence-electron chi connectivity index (χ3n) is 3.46. The molecule has 0 radical (unpaired) electrons. The van der Waals surface area contributed by atoms with E-state index in [9.17, 15) is 4.79 Å². The Labute approximate surface area is 133 Å². The van der Waals surface area contributed by atoms with Gasteiger partial charge in [0.2, 0.25) is 5.91 Å². The Morgan fingerprint density at radius 3 is 2.09 bits per heavy atom. The van der Waals surface area contributed by atoms with Crippen molar-refractivity contribution in [2.24, 2.45) is 0 Å². The van der Waals surface area contributed by atoms with Gasteiger partial charge in [-0.05, 0) is 23.1 Å². The van der Waals surface area contributed by atoms with Crippen molar-refractivity contribution < 1.29 is 14.3 Å². The molecule has 0 aromatic heterocycles. The molecular weight excluding hydrogens is 278 g/mol. The molecule has 22 heavy (non-hydrogen) atoms. The van der Waals surface area contributed by atoms with Gasteiger partial charge in [-0.2, -0.15) is 0 Å². The van der Waals surface area contributed by atoms with Crippen LogP contribution in [0, 0.1) is 0 Å². The molecular formula is C18H27NO3. The molecule has 1 aromatic rings. The molecule has 0 aliphatic carbocycles.